The Hall–Kier alpha value is -3.34. The highest BCUT2D eigenvalue weighted by molar-refractivity contribution is 6.15. The number of para-hydroxylation sites is 1. The van der Waals surface area contributed by atoms with E-state index in [-0.39, 0.29) is 16.9 Å². The van der Waals surface area contributed by atoms with Gasteiger partial charge in [-0.2, -0.15) is 0 Å². The number of ether oxygens (including phenoxy) is 1. The van der Waals surface area contributed by atoms with Crippen molar-refractivity contribution in [2.24, 2.45) is 0 Å². The predicted molar refractivity (Wildman–Crippen MR) is 90.5 cm³/mol. The number of fused-ring (bicyclic) bond motifs is 1. The normalized spacial score (nSPS) is 11.0. The molecular weight excluding hydrogens is 308 g/mol. The number of carbonyl (C=O) groups is 1. The summed E-state index contributed by atoms with van der Waals surface area (Å²) in [5, 5.41) is 10.6. The van der Waals surface area contributed by atoms with Gasteiger partial charge in [-0.15, -0.1) is 0 Å². The van der Waals surface area contributed by atoms with Crippen LogP contribution in [-0.2, 0) is 0 Å². The lowest BCUT2D eigenvalue weighted by molar-refractivity contribution is 0.104. The largest absolute Gasteiger partial charge is 0.507 e. The molecule has 0 saturated heterocycles. The van der Waals surface area contributed by atoms with Gasteiger partial charge in [0.05, 0.1) is 7.11 Å². The summed E-state index contributed by atoms with van der Waals surface area (Å²) in [5.74, 6) is -0.0971. The van der Waals surface area contributed by atoms with Gasteiger partial charge in [0.25, 0.3) is 0 Å². The van der Waals surface area contributed by atoms with Crippen LogP contribution in [0.15, 0.2) is 63.8 Å². The smallest absolute Gasteiger partial charge is 0.336 e. The first-order valence-electron chi connectivity index (χ1n) is 7.21. The Morgan fingerprint density at radius 2 is 1.88 bits per heavy atom. The van der Waals surface area contributed by atoms with Crippen LogP contribution >= 0.6 is 0 Å². The molecule has 0 bridgehead atoms. The average molecular weight is 322 g/mol. The van der Waals surface area contributed by atoms with Crippen molar-refractivity contribution in [2.75, 3.05) is 7.11 Å². The Kier molecular flexibility index (Phi) is 4.16. The minimum absolute atomic E-state index is 0.0450. The minimum Gasteiger partial charge on any atom is -0.507 e. The van der Waals surface area contributed by atoms with E-state index >= 15 is 0 Å². The molecule has 1 N–H and O–H groups in total. The van der Waals surface area contributed by atoms with E-state index in [4.69, 9.17) is 9.15 Å². The van der Waals surface area contributed by atoms with Crippen molar-refractivity contribution in [3.63, 3.8) is 0 Å². The molecule has 3 rings (SSSR count). The Bertz CT molecular complexity index is 998. The molecule has 5 heteroatoms. The van der Waals surface area contributed by atoms with E-state index in [1.807, 2.05) is 12.1 Å². The maximum Gasteiger partial charge on any atom is 0.336 e. The molecule has 0 radical (unpaired) electrons. The number of methoxy groups -OCH3 is 1. The number of allylic oxidation sites excluding steroid dienone is 1. The first kappa shape index (κ1) is 15.6. The number of aromatic hydroxyl groups is 1. The number of hydrogen-bond acceptors (Lipinski definition) is 5. The highest BCUT2D eigenvalue weighted by atomic mass is 16.5. The van der Waals surface area contributed by atoms with Gasteiger partial charge in [-0.1, -0.05) is 18.2 Å². The highest BCUT2D eigenvalue weighted by Crippen LogP contribution is 2.27. The first-order valence-corrected chi connectivity index (χ1v) is 7.21. The van der Waals surface area contributed by atoms with Gasteiger partial charge in [0.1, 0.15) is 17.1 Å². The number of carbonyl (C=O) groups excluding carboxylic acids is 1. The molecule has 0 amide bonds. The second-order valence-corrected chi connectivity index (χ2v) is 5.07. The fourth-order valence-corrected chi connectivity index (χ4v) is 2.41. The molecule has 24 heavy (non-hydrogen) atoms. The molecular formula is C19H14O5. The molecule has 120 valence electrons. The van der Waals surface area contributed by atoms with E-state index in [2.05, 4.69) is 0 Å². The standard InChI is InChI=1S/C19H14O5/c1-23-16-5-3-2-4-12(16)6-9-14(20)18-15(21)10-7-13-8-11-17(22)24-19(13)18/h2-11,21H,1H3/b9-6+. The van der Waals surface area contributed by atoms with Crippen molar-refractivity contribution in [1.82, 2.24) is 0 Å². The van der Waals surface area contributed by atoms with E-state index in [9.17, 15) is 14.7 Å². The molecule has 0 aliphatic carbocycles. The van der Waals surface area contributed by atoms with Gasteiger partial charge in [-0.05, 0) is 36.4 Å². The van der Waals surface area contributed by atoms with Crippen molar-refractivity contribution >= 4 is 22.8 Å². The number of hydrogen-bond donors (Lipinski definition) is 1. The Labute approximate surface area is 137 Å². The molecule has 0 aliphatic heterocycles. The molecule has 2 aromatic carbocycles. The van der Waals surface area contributed by atoms with Gasteiger partial charge in [-0.3, -0.25) is 4.79 Å². The van der Waals surface area contributed by atoms with E-state index in [0.717, 1.165) is 5.56 Å². The summed E-state index contributed by atoms with van der Waals surface area (Å²) >= 11 is 0. The number of benzene rings is 2. The second-order valence-electron chi connectivity index (χ2n) is 5.07. The SMILES string of the molecule is COc1ccccc1/C=C/C(=O)c1c(O)ccc2ccc(=O)oc12. The zero-order valence-electron chi connectivity index (χ0n) is 12.9. The van der Waals surface area contributed by atoms with Crippen molar-refractivity contribution in [1.29, 1.82) is 0 Å². The van der Waals surface area contributed by atoms with E-state index in [1.165, 1.54) is 18.2 Å². The third kappa shape index (κ3) is 2.92. The summed E-state index contributed by atoms with van der Waals surface area (Å²) in [6, 6.07) is 13.0. The number of phenolic OH excluding ortho intramolecular Hbond substituents is 1. The molecule has 0 saturated carbocycles. The lowest BCUT2D eigenvalue weighted by atomic mass is 10.0. The van der Waals surface area contributed by atoms with Crippen LogP contribution in [0.4, 0.5) is 0 Å². The summed E-state index contributed by atoms with van der Waals surface area (Å²) < 4.78 is 10.3. The Morgan fingerprint density at radius 1 is 1.12 bits per heavy atom. The third-order valence-corrected chi connectivity index (χ3v) is 3.57. The summed E-state index contributed by atoms with van der Waals surface area (Å²) in [5.41, 5.74) is 0.152. The van der Waals surface area contributed by atoms with E-state index < -0.39 is 11.4 Å². The maximum atomic E-state index is 12.5. The second kappa shape index (κ2) is 6.42. The van der Waals surface area contributed by atoms with Gasteiger partial charge in [0, 0.05) is 17.0 Å². The van der Waals surface area contributed by atoms with Crippen molar-refractivity contribution in [3.8, 4) is 11.5 Å². The van der Waals surface area contributed by atoms with Crippen LogP contribution in [-0.4, -0.2) is 18.0 Å². The van der Waals surface area contributed by atoms with Gasteiger partial charge in [0.2, 0.25) is 0 Å². The lowest BCUT2D eigenvalue weighted by Gasteiger charge is -2.05. The molecule has 1 heterocycles. The van der Waals surface area contributed by atoms with Crippen LogP contribution in [0.25, 0.3) is 17.0 Å². The zero-order valence-corrected chi connectivity index (χ0v) is 12.9. The molecule has 0 aliphatic rings. The predicted octanol–water partition coefficient (Wildman–Crippen LogP) is 3.40. The summed E-state index contributed by atoms with van der Waals surface area (Å²) in [6.45, 7) is 0. The molecule has 0 atom stereocenters. The zero-order chi connectivity index (χ0) is 17.1. The van der Waals surface area contributed by atoms with E-state index in [1.54, 1.807) is 37.5 Å². The maximum absolute atomic E-state index is 12.5. The lowest BCUT2D eigenvalue weighted by Crippen LogP contribution is -2.01. The van der Waals surface area contributed by atoms with Crippen LogP contribution in [0.5, 0.6) is 11.5 Å². The summed E-state index contributed by atoms with van der Waals surface area (Å²) in [7, 11) is 1.54. The molecule has 0 fully saturated rings. The van der Waals surface area contributed by atoms with Crippen molar-refractivity contribution < 1.29 is 19.1 Å². The first-order chi connectivity index (χ1) is 11.6. The number of ketones is 1. The van der Waals surface area contributed by atoms with Crippen LogP contribution in [0.2, 0.25) is 0 Å². The fraction of sp³-hybridized carbons (Fsp3) is 0.0526. The fourth-order valence-electron chi connectivity index (χ4n) is 2.41. The van der Waals surface area contributed by atoms with Gasteiger partial charge in [0.15, 0.2) is 11.4 Å². The number of phenols is 1. The molecule has 0 unspecified atom stereocenters. The van der Waals surface area contributed by atoms with Crippen LogP contribution in [0.3, 0.4) is 0 Å². The molecule has 1 aromatic heterocycles. The van der Waals surface area contributed by atoms with E-state index in [0.29, 0.717) is 11.1 Å². The van der Waals surface area contributed by atoms with Crippen molar-refractivity contribution in [3.05, 3.63) is 76.2 Å². The molecule has 0 spiro atoms. The van der Waals surface area contributed by atoms with Gasteiger partial charge >= 0.3 is 5.63 Å². The van der Waals surface area contributed by atoms with Crippen molar-refractivity contribution in [2.45, 2.75) is 0 Å². The van der Waals surface area contributed by atoms with Crippen LogP contribution in [0, 0.1) is 0 Å². The minimum atomic E-state index is -0.587. The Morgan fingerprint density at radius 3 is 2.67 bits per heavy atom. The highest BCUT2D eigenvalue weighted by Gasteiger charge is 2.16. The molecule has 5 nitrogen and oxygen atoms in total. The summed E-state index contributed by atoms with van der Waals surface area (Å²) in [6.07, 6.45) is 2.89. The Balaban J connectivity index is 2.06. The number of rotatable bonds is 4. The van der Waals surface area contributed by atoms with Crippen LogP contribution < -0.4 is 10.4 Å². The van der Waals surface area contributed by atoms with Gasteiger partial charge in [-0.25, -0.2) is 4.79 Å². The van der Waals surface area contributed by atoms with Gasteiger partial charge < -0.3 is 14.3 Å². The third-order valence-electron chi connectivity index (χ3n) is 3.57. The topological polar surface area (TPSA) is 76.7 Å². The molecule has 3 aromatic rings. The summed E-state index contributed by atoms with van der Waals surface area (Å²) in [4.78, 5) is 24.0. The monoisotopic (exact) mass is 322 g/mol. The quantitative estimate of drug-likeness (QED) is 0.452. The van der Waals surface area contributed by atoms with Crippen LogP contribution in [0.1, 0.15) is 15.9 Å². The average Bonchev–Trinajstić information content (AvgIpc) is 2.59.